The quantitative estimate of drug-likeness (QED) is 0.498. The van der Waals surface area contributed by atoms with E-state index in [0.29, 0.717) is 5.78 Å². The predicted octanol–water partition coefficient (Wildman–Crippen LogP) is 1.14. The molecule has 0 aromatic rings. The highest BCUT2D eigenvalue weighted by Crippen LogP contribution is 1.83. The summed E-state index contributed by atoms with van der Waals surface area (Å²) in [5, 5.41) is 0. The molecule has 38 valence electrons. The van der Waals surface area contributed by atoms with Crippen LogP contribution in [0.2, 0.25) is 9.10 Å². The first-order valence-corrected chi connectivity index (χ1v) is 4.76. The minimum absolute atomic E-state index is 0.0247. The summed E-state index contributed by atoms with van der Waals surface area (Å²) in [5.74, 6) is 0.369. The van der Waals surface area contributed by atoms with E-state index in [1.807, 2.05) is 0 Å². The summed E-state index contributed by atoms with van der Waals surface area (Å²) >= 11 is 0.0247. The molecule has 0 heterocycles. The van der Waals surface area contributed by atoms with E-state index in [9.17, 15) is 4.79 Å². The summed E-state index contributed by atoms with van der Waals surface area (Å²) in [6.07, 6.45) is 0. The van der Waals surface area contributed by atoms with Crippen LogP contribution in [0.4, 0.5) is 0 Å². The van der Waals surface area contributed by atoms with E-state index in [1.165, 1.54) is 4.55 Å². The second kappa shape index (κ2) is 4.59. The summed E-state index contributed by atoms with van der Waals surface area (Å²) in [6, 6.07) is 0. The van der Waals surface area contributed by atoms with E-state index in [-0.39, 0.29) is 20.4 Å². The Morgan fingerprint density at radius 1 is 1.71 bits per heavy atom. The first kappa shape index (κ1) is 7.44. The number of ketones is 1. The second-order valence-electron chi connectivity index (χ2n) is 1.81. The fourth-order valence-electron chi connectivity index (χ4n) is 0.426. The molecular formula is C5H10MgO. The van der Waals surface area contributed by atoms with E-state index < -0.39 is 0 Å². The lowest BCUT2D eigenvalue weighted by Crippen LogP contribution is -1.94. The van der Waals surface area contributed by atoms with Gasteiger partial charge in [0.05, 0.1) is 0 Å². The van der Waals surface area contributed by atoms with Crippen molar-refractivity contribution >= 4 is 26.1 Å². The minimum Gasteiger partial charge on any atom is -0.303 e. The van der Waals surface area contributed by atoms with Crippen LogP contribution in [0.3, 0.4) is 0 Å². The third kappa shape index (κ3) is 6.44. The van der Waals surface area contributed by atoms with Crippen molar-refractivity contribution < 1.29 is 4.79 Å². The molecule has 1 nitrogen and oxygen atoms in total. The first-order valence-electron chi connectivity index (χ1n) is 2.76. The number of hydrogen-bond acceptors (Lipinski definition) is 1. The van der Waals surface area contributed by atoms with Gasteiger partial charge in [0, 0.05) is 0 Å². The molecule has 0 unspecified atom stereocenters. The largest absolute Gasteiger partial charge is 0.375 e. The molecule has 0 fully saturated rings. The molecule has 0 atom stereocenters. The van der Waals surface area contributed by atoms with Gasteiger partial charge in [-0.1, -0.05) is 11.5 Å². The Kier molecular flexibility index (Phi) is 4.88. The van der Waals surface area contributed by atoms with Crippen LogP contribution in [0, 0.1) is 0 Å². The molecule has 7 heavy (non-hydrogen) atoms. The van der Waals surface area contributed by atoms with Gasteiger partial charge >= 0.3 is 20.4 Å². The topological polar surface area (TPSA) is 17.1 Å². The van der Waals surface area contributed by atoms with E-state index in [0.717, 1.165) is 4.55 Å². The smallest absolute Gasteiger partial charge is 0.303 e. The number of carbonyl (C=O) groups excluding carboxylic acids is 1. The van der Waals surface area contributed by atoms with Gasteiger partial charge in [-0.3, -0.25) is 0 Å². The van der Waals surface area contributed by atoms with E-state index in [1.54, 1.807) is 6.92 Å². The van der Waals surface area contributed by atoms with Crippen molar-refractivity contribution in [2.75, 3.05) is 0 Å². The zero-order chi connectivity index (χ0) is 5.70. The zero-order valence-electron chi connectivity index (χ0n) is 5.03. The number of rotatable bonds is 3. The lowest BCUT2D eigenvalue weighted by atomic mass is 10.5. The summed E-state index contributed by atoms with van der Waals surface area (Å²) in [7, 11) is 0. The van der Waals surface area contributed by atoms with Gasteiger partial charge in [-0.05, 0) is 6.92 Å². The molecule has 0 radical (unpaired) electrons. The summed E-state index contributed by atoms with van der Waals surface area (Å²) < 4.78 is 2.16. The highest BCUT2D eigenvalue weighted by Gasteiger charge is 1.93. The molecule has 0 spiro atoms. The Morgan fingerprint density at radius 2 is 2.29 bits per heavy atom. The predicted molar refractivity (Wildman–Crippen MR) is 31.7 cm³/mol. The Hall–Kier alpha value is 0.436. The van der Waals surface area contributed by atoms with Gasteiger partial charge in [-0.15, -0.1) is 4.55 Å². The summed E-state index contributed by atoms with van der Waals surface area (Å²) in [5.41, 5.74) is 0. The Labute approximate surface area is 54.2 Å². The van der Waals surface area contributed by atoms with Crippen LogP contribution in [0.25, 0.3) is 0 Å². The molecule has 0 rings (SSSR count). The van der Waals surface area contributed by atoms with Crippen molar-refractivity contribution in [3.05, 3.63) is 0 Å². The first-order chi connectivity index (χ1) is 3.27. The maximum Gasteiger partial charge on any atom is 0.375 e. The lowest BCUT2D eigenvalue weighted by Gasteiger charge is -1.82. The van der Waals surface area contributed by atoms with Gasteiger partial charge in [0.2, 0.25) is 0 Å². The Bertz CT molecular complexity index is 61.1. The second-order valence-corrected chi connectivity index (χ2v) is 4.01. The molecule has 0 aliphatic carbocycles. The summed E-state index contributed by atoms with van der Waals surface area (Å²) in [6.45, 7) is 3.82. The fraction of sp³-hybridized carbons (Fsp3) is 0.800. The third-order valence-corrected chi connectivity index (χ3v) is 2.65. The van der Waals surface area contributed by atoms with Crippen molar-refractivity contribution in [2.45, 2.75) is 22.9 Å². The van der Waals surface area contributed by atoms with Gasteiger partial charge in [0.25, 0.3) is 0 Å². The van der Waals surface area contributed by atoms with Gasteiger partial charge in [0.15, 0.2) is 0 Å². The molecule has 0 bridgehead atoms. The number of Topliss-reactive ketones (excluding diaryl/α,β-unsaturated/α-hetero) is 1. The molecular weight excluding hydrogens is 100 g/mol. The van der Waals surface area contributed by atoms with E-state index in [2.05, 4.69) is 6.92 Å². The highest BCUT2D eigenvalue weighted by molar-refractivity contribution is 6.41. The van der Waals surface area contributed by atoms with Crippen LogP contribution in [-0.4, -0.2) is 26.1 Å². The molecule has 0 saturated carbocycles. The lowest BCUT2D eigenvalue weighted by molar-refractivity contribution is -0.114. The average Bonchev–Trinajstić information content (AvgIpc) is 1.61. The monoisotopic (exact) mass is 110 g/mol. The van der Waals surface area contributed by atoms with Crippen LogP contribution in [0.1, 0.15) is 13.8 Å². The molecule has 0 amide bonds. The molecule has 2 heteroatoms. The average molecular weight is 110 g/mol. The van der Waals surface area contributed by atoms with Gasteiger partial charge in [0.1, 0.15) is 5.78 Å². The maximum absolute atomic E-state index is 10.2. The normalized spacial score (nSPS) is 7.71. The van der Waals surface area contributed by atoms with Gasteiger partial charge < -0.3 is 4.79 Å². The standard InChI is InChI=1S/C3H5O.C2H5.Mg/c1-3(2)4;1-2;/h1H2,2H3;1H2,2H3;. The van der Waals surface area contributed by atoms with Crippen molar-refractivity contribution in [1.29, 1.82) is 0 Å². The molecule has 0 aliphatic rings. The van der Waals surface area contributed by atoms with E-state index in [4.69, 9.17) is 0 Å². The van der Waals surface area contributed by atoms with Crippen LogP contribution in [0.15, 0.2) is 0 Å². The number of carbonyl (C=O) groups is 1. The van der Waals surface area contributed by atoms with E-state index >= 15 is 0 Å². The molecule has 0 N–H and O–H groups in total. The highest BCUT2D eigenvalue weighted by atomic mass is 24.5. The number of hydrogen-bond donors (Lipinski definition) is 0. The molecule has 0 saturated heterocycles. The summed E-state index contributed by atoms with van der Waals surface area (Å²) in [4.78, 5) is 10.2. The van der Waals surface area contributed by atoms with Crippen molar-refractivity contribution in [2.24, 2.45) is 0 Å². The minimum atomic E-state index is 0.0247. The van der Waals surface area contributed by atoms with Crippen molar-refractivity contribution in [3.8, 4) is 0 Å². The van der Waals surface area contributed by atoms with Gasteiger partial charge in [-0.2, -0.15) is 0 Å². The van der Waals surface area contributed by atoms with Crippen LogP contribution >= 0.6 is 0 Å². The third-order valence-electron chi connectivity index (χ3n) is 0.882. The zero-order valence-corrected chi connectivity index (χ0v) is 6.44. The van der Waals surface area contributed by atoms with Gasteiger partial charge in [-0.25, -0.2) is 0 Å². The Morgan fingerprint density at radius 3 is 2.43 bits per heavy atom. The van der Waals surface area contributed by atoms with Crippen LogP contribution < -0.4 is 0 Å². The molecule has 0 aromatic carbocycles. The fourth-order valence-corrected chi connectivity index (χ4v) is 1.28. The SMILES string of the molecule is C[CH2][Mg][CH2]C(C)=O. The maximum atomic E-state index is 10.2. The van der Waals surface area contributed by atoms with Crippen LogP contribution in [0.5, 0.6) is 0 Å². The molecule has 0 aromatic heterocycles. The Balaban J connectivity index is 2.82. The van der Waals surface area contributed by atoms with Crippen molar-refractivity contribution in [1.82, 2.24) is 0 Å². The molecule has 0 aliphatic heterocycles. The van der Waals surface area contributed by atoms with Crippen molar-refractivity contribution in [3.63, 3.8) is 0 Å². The van der Waals surface area contributed by atoms with Crippen LogP contribution in [-0.2, 0) is 4.79 Å².